The second kappa shape index (κ2) is 13.4. The number of amides is 2. The van der Waals surface area contributed by atoms with Gasteiger partial charge in [-0.05, 0) is 69.8 Å². The highest BCUT2D eigenvalue weighted by molar-refractivity contribution is 5.99. The maximum atomic E-state index is 15.1. The van der Waals surface area contributed by atoms with Crippen molar-refractivity contribution in [3.05, 3.63) is 61.2 Å². The average molecular weight is 623 g/mol. The fourth-order valence-corrected chi connectivity index (χ4v) is 8.62. The van der Waals surface area contributed by atoms with Gasteiger partial charge >= 0.3 is 5.97 Å². The molecule has 2 bridgehead atoms. The molecule has 8 nitrogen and oxygen atoms in total. The van der Waals surface area contributed by atoms with E-state index in [1.807, 2.05) is 56.0 Å². The maximum Gasteiger partial charge on any atom is 0.312 e. The van der Waals surface area contributed by atoms with Crippen molar-refractivity contribution in [2.24, 2.45) is 17.3 Å². The largest absolute Gasteiger partial charge is 0.465 e. The van der Waals surface area contributed by atoms with E-state index in [4.69, 9.17) is 9.47 Å². The van der Waals surface area contributed by atoms with Crippen molar-refractivity contribution in [2.75, 3.05) is 19.8 Å². The Morgan fingerprint density at radius 3 is 2.42 bits per heavy atom. The van der Waals surface area contributed by atoms with Crippen LogP contribution in [-0.2, 0) is 30.3 Å². The number of ether oxygens (including phenoxy) is 2. The molecular formula is C37H54N2O6. The summed E-state index contributed by atoms with van der Waals surface area (Å²) < 4.78 is 12.7. The average Bonchev–Trinajstić information content (AvgIpc) is 3.59. The molecule has 2 amide bonds. The van der Waals surface area contributed by atoms with E-state index in [0.717, 1.165) is 5.56 Å². The zero-order valence-electron chi connectivity index (χ0n) is 28.2. The summed E-state index contributed by atoms with van der Waals surface area (Å²) in [5.74, 6) is -2.72. The molecule has 1 N–H and O–H groups in total. The van der Waals surface area contributed by atoms with Crippen LogP contribution in [0.25, 0.3) is 0 Å². The highest BCUT2D eigenvalue weighted by Crippen LogP contribution is 2.65. The molecule has 0 saturated carbocycles. The summed E-state index contributed by atoms with van der Waals surface area (Å²) in [6.45, 7) is 20.4. The zero-order chi connectivity index (χ0) is 33.2. The van der Waals surface area contributed by atoms with Crippen LogP contribution in [-0.4, -0.2) is 81.3 Å². The second-order valence-electron chi connectivity index (χ2n) is 15.0. The molecule has 0 aliphatic carbocycles. The predicted molar refractivity (Wildman–Crippen MR) is 175 cm³/mol. The van der Waals surface area contributed by atoms with Gasteiger partial charge < -0.3 is 24.4 Å². The van der Waals surface area contributed by atoms with Gasteiger partial charge in [0.25, 0.3) is 0 Å². The minimum absolute atomic E-state index is 0.0782. The highest BCUT2D eigenvalue weighted by atomic mass is 16.6. The number of rotatable bonds is 15. The smallest absolute Gasteiger partial charge is 0.312 e. The first-order chi connectivity index (χ1) is 21.2. The fraction of sp³-hybridized carbons (Fsp3) is 0.649. The Hall–Kier alpha value is -2.97. The second-order valence-corrected chi connectivity index (χ2v) is 15.0. The SMILES string of the molecule is C=CCCCOC(=O)[C@H]1[C@H]2C(=O)N([C@@H](CO)Cc3ccccc3)C(C(=O)N(CC=C)C(C)(C)CC(C)(C)C)C23CC[C@]1(CC)O3. The Morgan fingerprint density at radius 2 is 1.84 bits per heavy atom. The molecule has 4 rings (SSSR count). The van der Waals surface area contributed by atoms with Crippen LogP contribution >= 0.6 is 0 Å². The molecular weight excluding hydrogens is 568 g/mol. The monoisotopic (exact) mass is 622 g/mol. The number of unbranched alkanes of at least 4 members (excludes halogenated alkanes) is 1. The lowest BCUT2D eigenvalue weighted by molar-refractivity contribution is -0.165. The van der Waals surface area contributed by atoms with E-state index in [9.17, 15) is 14.7 Å². The molecule has 3 aliphatic heterocycles. The maximum absolute atomic E-state index is 15.1. The summed E-state index contributed by atoms with van der Waals surface area (Å²) in [5, 5.41) is 10.8. The number of allylic oxidation sites excluding steroid dienone is 1. The molecule has 248 valence electrons. The minimum atomic E-state index is -1.21. The molecule has 3 aliphatic rings. The van der Waals surface area contributed by atoms with E-state index in [2.05, 4.69) is 33.9 Å². The highest BCUT2D eigenvalue weighted by Gasteiger charge is 2.79. The van der Waals surface area contributed by atoms with E-state index < -0.39 is 46.6 Å². The molecule has 0 radical (unpaired) electrons. The quantitative estimate of drug-likeness (QED) is 0.158. The summed E-state index contributed by atoms with van der Waals surface area (Å²) in [4.78, 5) is 47.2. The van der Waals surface area contributed by atoms with Crippen LogP contribution in [0, 0.1) is 17.3 Å². The Labute approximate surface area is 269 Å². The summed E-state index contributed by atoms with van der Waals surface area (Å²) in [6.07, 6.45) is 7.46. The van der Waals surface area contributed by atoms with E-state index in [-0.39, 0.29) is 37.0 Å². The molecule has 3 fully saturated rings. The lowest BCUT2D eigenvalue weighted by atomic mass is 9.65. The molecule has 45 heavy (non-hydrogen) atoms. The van der Waals surface area contributed by atoms with Gasteiger partial charge in [0, 0.05) is 12.1 Å². The van der Waals surface area contributed by atoms with Crippen LogP contribution in [0.1, 0.15) is 85.6 Å². The molecule has 6 atom stereocenters. The van der Waals surface area contributed by atoms with E-state index >= 15 is 4.79 Å². The molecule has 1 aromatic rings. The first-order valence-corrected chi connectivity index (χ1v) is 16.6. The number of hydrogen-bond donors (Lipinski definition) is 1. The van der Waals surface area contributed by atoms with Crippen LogP contribution in [0.15, 0.2) is 55.6 Å². The van der Waals surface area contributed by atoms with Crippen molar-refractivity contribution in [1.29, 1.82) is 0 Å². The third kappa shape index (κ3) is 6.50. The molecule has 0 aromatic heterocycles. The van der Waals surface area contributed by atoms with Crippen LogP contribution in [0.5, 0.6) is 0 Å². The van der Waals surface area contributed by atoms with Gasteiger partial charge in [-0.25, -0.2) is 0 Å². The van der Waals surface area contributed by atoms with E-state index in [1.54, 1.807) is 17.1 Å². The summed E-state index contributed by atoms with van der Waals surface area (Å²) >= 11 is 0. The zero-order valence-corrected chi connectivity index (χ0v) is 28.2. The Morgan fingerprint density at radius 1 is 1.16 bits per heavy atom. The number of aliphatic hydroxyl groups is 1. The summed E-state index contributed by atoms with van der Waals surface area (Å²) in [7, 11) is 0. The third-order valence-corrected chi connectivity index (χ3v) is 10.1. The van der Waals surface area contributed by atoms with Crippen molar-refractivity contribution in [3.8, 4) is 0 Å². The molecule has 1 spiro atoms. The number of hydrogen-bond acceptors (Lipinski definition) is 6. The van der Waals surface area contributed by atoms with Gasteiger partial charge in [-0.3, -0.25) is 14.4 Å². The van der Waals surface area contributed by atoms with Gasteiger partial charge in [0.1, 0.15) is 17.6 Å². The lowest BCUT2D eigenvalue weighted by Gasteiger charge is -2.46. The molecule has 1 aromatic carbocycles. The number of likely N-dealkylation sites (tertiary alicyclic amines) is 1. The normalized spacial score (nSPS) is 28.1. The number of nitrogens with zero attached hydrogens (tertiary/aromatic N) is 2. The van der Waals surface area contributed by atoms with Crippen molar-refractivity contribution in [1.82, 2.24) is 9.80 Å². The molecule has 2 unspecified atom stereocenters. The first kappa shape index (κ1) is 34.9. The Kier molecular flexibility index (Phi) is 10.4. The summed E-state index contributed by atoms with van der Waals surface area (Å²) in [6, 6.07) is 7.96. The standard InChI is InChI=1S/C37H54N2O6/c1-9-12-16-22-44-33(43)29-28-31(41)39(27(24-40)23-26-17-14-13-15-18-26)30(37(28)20-19-36(29,11-3)45-37)32(42)38(21-10-2)35(7,8)25-34(4,5)6/h9-10,13-15,17-18,27-30,40H,1-2,11-12,16,19-25H2,3-8H3/t27-,28+,29-,30?,36+,37?/m1/s1. The Balaban J connectivity index is 1.83. The number of esters is 1. The van der Waals surface area contributed by atoms with Gasteiger partial charge in [-0.15, -0.1) is 13.2 Å². The van der Waals surface area contributed by atoms with Gasteiger partial charge in [-0.2, -0.15) is 0 Å². The van der Waals surface area contributed by atoms with Crippen molar-refractivity contribution < 1.29 is 29.0 Å². The van der Waals surface area contributed by atoms with Gasteiger partial charge in [0.2, 0.25) is 11.8 Å². The van der Waals surface area contributed by atoms with Crippen molar-refractivity contribution >= 4 is 17.8 Å². The molecule has 3 heterocycles. The Bertz CT molecular complexity index is 1260. The lowest BCUT2D eigenvalue weighted by Crippen LogP contribution is -2.62. The van der Waals surface area contributed by atoms with Gasteiger partial charge in [0.15, 0.2) is 0 Å². The van der Waals surface area contributed by atoms with Crippen LogP contribution in [0.3, 0.4) is 0 Å². The van der Waals surface area contributed by atoms with Crippen molar-refractivity contribution in [2.45, 2.75) is 115 Å². The third-order valence-electron chi connectivity index (χ3n) is 10.1. The minimum Gasteiger partial charge on any atom is -0.465 e. The number of benzene rings is 1. The van der Waals surface area contributed by atoms with Crippen LogP contribution < -0.4 is 0 Å². The summed E-state index contributed by atoms with van der Waals surface area (Å²) in [5.41, 5.74) is -1.82. The number of carbonyl (C=O) groups is 3. The van der Waals surface area contributed by atoms with E-state index in [1.165, 1.54) is 0 Å². The fourth-order valence-electron chi connectivity index (χ4n) is 8.62. The van der Waals surface area contributed by atoms with Gasteiger partial charge in [-0.1, -0.05) is 70.2 Å². The topological polar surface area (TPSA) is 96.4 Å². The van der Waals surface area contributed by atoms with Gasteiger partial charge in [0.05, 0.1) is 30.8 Å². The predicted octanol–water partition coefficient (Wildman–Crippen LogP) is 5.48. The number of aliphatic hydroxyl groups excluding tert-OH is 1. The van der Waals surface area contributed by atoms with Crippen LogP contribution in [0.4, 0.5) is 0 Å². The number of carbonyl (C=O) groups excluding carboxylic acids is 3. The first-order valence-electron chi connectivity index (χ1n) is 16.6. The number of fused-ring (bicyclic) bond motifs is 1. The van der Waals surface area contributed by atoms with Crippen LogP contribution in [0.2, 0.25) is 0 Å². The van der Waals surface area contributed by atoms with E-state index in [0.29, 0.717) is 44.9 Å². The molecule has 3 saturated heterocycles. The van der Waals surface area contributed by atoms with Crippen molar-refractivity contribution in [3.63, 3.8) is 0 Å². The molecule has 8 heteroatoms.